The summed E-state index contributed by atoms with van der Waals surface area (Å²) in [6, 6.07) is 8.59. The Morgan fingerprint density at radius 3 is 2.44 bits per heavy atom. The van der Waals surface area contributed by atoms with E-state index in [2.05, 4.69) is 0 Å². The molecule has 27 heavy (non-hydrogen) atoms. The number of anilines is 1. The van der Waals surface area contributed by atoms with Crippen LogP contribution < -0.4 is 20.3 Å². The summed E-state index contributed by atoms with van der Waals surface area (Å²) < 4.78 is 31.9. The minimum absolute atomic E-state index is 0.0166. The number of carbonyl (C=O) groups is 1. The summed E-state index contributed by atoms with van der Waals surface area (Å²) in [7, 11) is -3.03. The molecule has 2 rings (SSSR count). The summed E-state index contributed by atoms with van der Waals surface area (Å²) in [5.41, 5.74) is 1.26. The molecule has 0 spiro atoms. The molecule has 3 N–H and O–H groups in total. The monoisotopic (exact) mass is 414 g/mol. The molecule has 0 radical (unpaired) electrons. The van der Waals surface area contributed by atoms with Gasteiger partial charge in [0, 0.05) is 17.2 Å². The molecule has 0 unspecified atom stereocenters. The van der Waals surface area contributed by atoms with Gasteiger partial charge in [-0.05, 0) is 30.3 Å². The third-order valence-electron chi connectivity index (χ3n) is 3.49. The number of rotatable bonds is 7. The fourth-order valence-corrected chi connectivity index (χ4v) is 3.75. The number of nitro benzene ring substituents is 1. The molecule has 1 amide bonds. The molecule has 0 atom stereocenters. The van der Waals surface area contributed by atoms with Crippen LogP contribution in [0, 0.1) is 10.1 Å². The minimum atomic E-state index is -4.30. The number of nitrogens with two attached hydrogens (primary N) is 1. The third-order valence-corrected chi connectivity index (χ3v) is 5.52. The van der Waals surface area contributed by atoms with Crippen molar-refractivity contribution in [1.29, 1.82) is 0 Å². The summed E-state index contributed by atoms with van der Waals surface area (Å²) in [6.45, 7) is -0.723. The van der Waals surface area contributed by atoms with Crippen LogP contribution in [0.1, 0.15) is 0 Å². The summed E-state index contributed by atoms with van der Waals surface area (Å²) >= 11 is 5.78. The van der Waals surface area contributed by atoms with Gasteiger partial charge in [0.15, 0.2) is 0 Å². The summed E-state index contributed by atoms with van der Waals surface area (Å²) in [5, 5.41) is 11.4. The van der Waals surface area contributed by atoms with E-state index in [1.165, 1.54) is 37.4 Å². The van der Waals surface area contributed by atoms with Gasteiger partial charge >= 0.3 is 0 Å². The molecule has 0 aromatic heterocycles. The van der Waals surface area contributed by atoms with E-state index in [1.807, 2.05) is 5.43 Å². The predicted octanol–water partition coefficient (Wildman–Crippen LogP) is 1.44. The summed E-state index contributed by atoms with van der Waals surface area (Å²) in [4.78, 5) is 22.0. The Hall–Kier alpha value is -2.89. The number of benzene rings is 2. The predicted molar refractivity (Wildman–Crippen MR) is 98.0 cm³/mol. The summed E-state index contributed by atoms with van der Waals surface area (Å²) in [6.07, 6.45) is 0. The molecular formula is C15H15ClN4O6S. The van der Waals surface area contributed by atoms with Crippen molar-refractivity contribution in [2.75, 3.05) is 18.0 Å². The first kappa shape index (κ1) is 20.4. The molecule has 0 fully saturated rings. The average Bonchev–Trinajstić information content (AvgIpc) is 2.65. The van der Waals surface area contributed by atoms with Crippen molar-refractivity contribution in [2.24, 2.45) is 5.84 Å². The first-order valence-corrected chi connectivity index (χ1v) is 9.12. The molecule has 2 aromatic rings. The van der Waals surface area contributed by atoms with Crippen LogP contribution in [0.3, 0.4) is 0 Å². The highest BCUT2D eigenvalue weighted by Crippen LogP contribution is 2.35. The number of non-ortho nitro benzene ring substituents is 1. The lowest BCUT2D eigenvalue weighted by Crippen LogP contribution is -2.43. The van der Waals surface area contributed by atoms with Gasteiger partial charge in [-0.25, -0.2) is 14.3 Å². The normalized spacial score (nSPS) is 10.9. The lowest BCUT2D eigenvalue weighted by Gasteiger charge is -2.25. The molecule has 2 aromatic carbocycles. The van der Waals surface area contributed by atoms with E-state index in [0.717, 1.165) is 12.1 Å². The summed E-state index contributed by atoms with van der Waals surface area (Å²) in [5.74, 6) is 4.26. The first-order chi connectivity index (χ1) is 12.7. The quantitative estimate of drug-likeness (QED) is 0.301. The second kappa shape index (κ2) is 8.20. The second-order valence-electron chi connectivity index (χ2n) is 5.15. The molecular weight excluding hydrogens is 400 g/mol. The molecule has 144 valence electrons. The van der Waals surface area contributed by atoms with Crippen molar-refractivity contribution in [1.82, 2.24) is 5.43 Å². The van der Waals surface area contributed by atoms with Crippen molar-refractivity contribution in [3.8, 4) is 5.75 Å². The van der Waals surface area contributed by atoms with Gasteiger partial charge in [-0.2, -0.15) is 0 Å². The van der Waals surface area contributed by atoms with Gasteiger partial charge in [-0.15, -0.1) is 0 Å². The topological polar surface area (TPSA) is 145 Å². The standard InChI is InChI=1S/C15H15ClN4O6S/c1-26-14-7-4-11(20(22)23)8-13(14)19(9-15(21)18-17)27(24,25)12-5-2-10(16)3-6-12/h2-8H,9,17H2,1H3,(H,18,21). The lowest BCUT2D eigenvalue weighted by atomic mass is 10.2. The van der Waals surface area contributed by atoms with E-state index in [-0.39, 0.29) is 22.0 Å². The smallest absolute Gasteiger partial charge is 0.271 e. The van der Waals surface area contributed by atoms with Crippen LogP contribution in [0.25, 0.3) is 0 Å². The van der Waals surface area contributed by atoms with Crippen molar-refractivity contribution in [2.45, 2.75) is 4.90 Å². The average molecular weight is 415 g/mol. The van der Waals surface area contributed by atoms with Crippen LogP contribution in [0.15, 0.2) is 47.4 Å². The number of nitrogens with one attached hydrogen (secondary N) is 1. The van der Waals surface area contributed by atoms with E-state index in [4.69, 9.17) is 22.2 Å². The lowest BCUT2D eigenvalue weighted by molar-refractivity contribution is -0.384. The maximum absolute atomic E-state index is 13.1. The zero-order valence-electron chi connectivity index (χ0n) is 14.0. The number of carbonyl (C=O) groups excluding carboxylic acids is 1. The Morgan fingerprint density at radius 2 is 1.93 bits per heavy atom. The number of nitro groups is 1. The Balaban J connectivity index is 2.68. The fourth-order valence-electron chi connectivity index (χ4n) is 2.20. The van der Waals surface area contributed by atoms with Crippen molar-refractivity contribution in [3.05, 3.63) is 57.6 Å². The number of nitrogens with zero attached hydrogens (tertiary/aromatic N) is 2. The van der Waals surface area contributed by atoms with Crippen molar-refractivity contribution >= 4 is 38.9 Å². The van der Waals surface area contributed by atoms with Crippen LogP contribution in [0.5, 0.6) is 5.75 Å². The van der Waals surface area contributed by atoms with Crippen LogP contribution in [-0.2, 0) is 14.8 Å². The zero-order valence-corrected chi connectivity index (χ0v) is 15.5. The van der Waals surface area contributed by atoms with E-state index in [0.29, 0.717) is 9.33 Å². The van der Waals surface area contributed by atoms with Gasteiger partial charge in [0.2, 0.25) is 0 Å². The number of hydrogen-bond donors (Lipinski definition) is 2. The first-order valence-electron chi connectivity index (χ1n) is 7.31. The van der Waals surface area contributed by atoms with E-state index in [9.17, 15) is 23.3 Å². The fraction of sp³-hybridized carbons (Fsp3) is 0.133. The van der Waals surface area contributed by atoms with Crippen LogP contribution in [0.2, 0.25) is 5.02 Å². The van der Waals surface area contributed by atoms with Crippen molar-refractivity contribution in [3.63, 3.8) is 0 Å². The van der Waals surface area contributed by atoms with Gasteiger partial charge in [0.25, 0.3) is 21.6 Å². The van der Waals surface area contributed by atoms with Gasteiger partial charge in [0.1, 0.15) is 18.0 Å². The number of methoxy groups -OCH3 is 1. The Morgan fingerprint density at radius 1 is 1.30 bits per heavy atom. The molecule has 0 aliphatic heterocycles. The van der Waals surface area contributed by atoms with E-state index >= 15 is 0 Å². The SMILES string of the molecule is COc1ccc([N+](=O)[O-])cc1N(CC(=O)NN)S(=O)(=O)c1ccc(Cl)cc1. The van der Waals surface area contributed by atoms with Crippen molar-refractivity contribution < 1.29 is 22.9 Å². The Bertz CT molecular complexity index is 965. The number of amides is 1. The van der Waals surface area contributed by atoms with Crippen LogP contribution in [0.4, 0.5) is 11.4 Å². The molecule has 10 nitrogen and oxygen atoms in total. The highest BCUT2D eigenvalue weighted by molar-refractivity contribution is 7.92. The van der Waals surface area contributed by atoms with E-state index in [1.54, 1.807) is 0 Å². The molecule has 0 heterocycles. The van der Waals surface area contributed by atoms with Crippen LogP contribution in [-0.4, -0.2) is 32.9 Å². The number of sulfonamides is 1. The molecule has 12 heteroatoms. The molecule has 0 aliphatic carbocycles. The molecule has 0 bridgehead atoms. The highest BCUT2D eigenvalue weighted by Gasteiger charge is 2.30. The minimum Gasteiger partial charge on any atom is -0.495 e. The Kier molecular flexibility index (Phi) is 6.20. The van der Waals surface area contributed by atoms with Gasteiger partial charge < -0.3 is 4.74 Å². The van der Waals surface area contributed by atoms with E-state index < -0.39 is 27.4 Å². The second-order valence-corrected chi connectivity index (χ2v) is 7.45. The van der Waals surface area contributed by atoms with Gasteiger partial charge in [-0.3, -0.25) is 24.6 Å². The maximum atomic E-state index is 13.1. The molecule has 0 saturated carbocycles. The zero-order chi connectivity index (χ0) is 20.2. The molecule has 0 aliphatic rings. The number of hydrazine groups is 1. The Labute approximate surface area is 159 Å². The highest BCUT2D eigenvalue weighted by atomic mass is 35.5. The number of ether oxygens (including phenoxy) is 1. The molecule has 0 saturated heterocycles. The largest absolute Gasteiger partial charge is 0.495 e. The maximum Gasteiger partial charge on any atom is 0.271 e. The number of hydrogen-bond acceptors (Lipinski definition) is 7. The van der Waals surface area contributed by atoms with Gasteiger partial charge in [-0.1, -0.05) is 11.6 Å². The van der Waals surface area contributed by atoms with Crippen LogP contribution >= 0.6 is 11.6 Å². The number of halogens is 1. The van der Waals surface area contributed by atoms with Gasteiger partial charge in [0.05, 0.1) is 16.9 Å². The third kappa shape index (κ3) is 4.45.